The van der Waals surface area contributed by atoms with E-state index < -0.39 is 0 Å². The minimum Gasteiger partial charge on any atom is -0.389 e. The molecule has 1 amide bonds. The molecule has 8 nitrogen and oxygen atoms in total. The van der Waals surface area contributed by atoms with Crippen molar-refractivity contribution in [2.75, 3.05) is 28.6 Å². The summed E-state index contributed by atoms with van der Waals surface area (Å²) in [6.07, 6.45) is 13.3. The van der Waals surface area contributed by atoms with Crippen molar-refractivity contribution in [2.45, 2.75) is 57.0 Å². The van der Waals surface area contributed by atoms with Gasteiger partial charge in [-0.25, -0.2) is 4.98 Å². The van der Waals surface area contributed by atoms with E-state index in [0.29, 0.717) is 10.7 Å². The molecule has 1 unspecified atom stereocenters. The third-order valence-corrected chi connectivity index (χ3v) is 6.71. The van der Waals surface area contributed by atoms with E-state index in [2.05, 4.69) is 27.1 Å². The monoisotopic (exact) mass is 429 g/mol. The summed E-state index contributed by atoms with van der Waals surface area (Å²) >= 11 is 1.29. The second kappa shape index (κ2) is 9.18. The van der Waals surface area contributed by atoms with Crippen LogP contribution in [0.4, 0.5) is 16.5 Å². The van der Waals surface area contributed by atoms with Crippen LogP contribution in [0.25, 0.3) is 0 Å². The third-order valence-electron chi connectivity index (χ3n) is 6.05. The number of nitrogen functional groups attached to an aromatic ring is 1. The zero-order chi connectivity index (χ0) is 21.1. The highest BCUT2D eigenvalue weighted by Gasteiger charge is 2.33. The number of aryl methyl sites for hydroxylation is 1. The fraction of sp³-hybridized carbons (Fsp3) is 0.571. The van der Waals surface area contributed by atoms with Gasteiger partial charge in [0.25, 0.3) is 5.91 Å². The molecule has 1 aliphatic heterocycles. The fourth-order valence-electron chi connectivity index (χ4n) is 4.44. The first-order chi connectivity index (χ1) is 14.6. The van der Waals surface area contributed by atoms with E-state index >= 15 is 0 Å². The number of hydrogen-bond acceptors (Lipinski definition) is 7. The molecule has 1 saturated heterocycles. The van der Waals surface area contributed by atoms with Crippen LogP contribution < -0.4 is 21.3 Å². The van der Waals surface area contributed by atoms with Gasteiger partial charge in [-0.3, -0.25) is 14.4 Å². The van der Waals surface area contributed by atoms with Gasteiger partial charge < -0.3 is 16.4 Å². The van der Waals surface area contributed by atoms with Crippen LogP contribution in [0, 0.1) is 0 Å². The number of carbonyl (C=O) groups excluding carboxylic acids is 1. The van der Waals surface area contributed by atoms with E-state index in [9.17, 15) is 4.79 Å². The second-order valence-electron chi connectivity index (χ2n) is 8.18. The van der Waals surface area contributed by atoms with E-state index in [4.69, 9.17) is 11.5 Å². The number of nitrogens with zero attached hydrogens (tertiary/aromatic N) is 5. The lowest BCUT2D eigenvalue weighted by atomic mass is 10.1. The molecule has 0 aromatic carbocycles. The molecule has 1 aliphatic carbocycles. The van der Waals surface area contributed by atoms with Crippen LogP contribution in [-0.4, -0.2) is 45.8 Å². The normalized spacial score (nSPS) is 22.5. The molecule has 2 aromatic heterocycles. The van der Waals surface area contributed by atoms with Crippen LogP contribution in [0.15, 0.2) is 23.9 Å². The predicted molar refractivity (Wildman–Crippen MR) is 122 cm³/mol. The first kappa shape index (κ1) is 20.9. The zero-order valence-corrected chi connectivity index (χ0v) is 18.4. The maximum absolute atomic E-state index is 13.7. The van der Waals surface area contributed by atoms with Crippen LogP contribution in [0.5, 0.6) is 0 Å². The van der Waals surface area contributed by atoms with Crippen molar-refractivity contribution >= 4 is 33.8 Å². The Morgan fingerprint density at radius 3 is 2.90 bits per heavy atom. The average molecular weight is 430 g/mol. The van der Waals surface area contributed by atoms with Crippen molar-refractivity contribution in [2.24, 2.45) is 12.8 Å². The summed E-state index contributed by atoms with van der Waals surface area (Å²) < 4.78 is 1.87. The molecular weight excluding hydrogens is 398 g/mol. The number of anilines is 3. The molecule has 1 fully saturated rings. The summed E-state index contributed by atoms with van der Waals surface area (Å²) in [5.41, 5.74) is 15.1. The zero-order valence-electron chi connectivity index (χ0n) is 17.5. The molecule has 2 atom stereocenters. The van der Waals surface area contributed by atoms with Crippen molar-refractivity contribution in [3.63, 3.8) is 0 Å². The number of amides is 1. The maximum Gasteiger partial charge on any atom is 0.280 e. The van der Waals surface area contributed by atoms with Gasteiger partial charge in [0.15, 0.2) is 11.5 Å². The molecule has 0 saturated carbocycles. The first-order valence-corrected chi connectivity index (χ1v) is 11.7. The standard InChI is InChI=1S/C21H31N7OS/c1-26-20(27-11-6-7-15(22)10-12-27)17(13-25-26)28(16-8-4-2-3-5-9-16)21(29)18-19(23)30-14-24-18/h4,8,13-16H,2-3,5-7,9-12,22-23H2,1H3/t15?,16-/m0/s1. The third kappa shape index (κ3) is 4.22. The summed E-state index contributed by atoms with van der Waals surface area (Å²) in [7, 11) is 1.94. The largest absolute Gasteiger partial charge is 0.389 e. The number of thiazole rings is 1. The highest BCUT2D eigenvalue weighted by atomic mass is 32.1. The SMILES string of the molecule is Cn1ncc(N(C(=O)c2ncsc2N)[C@H]2C=CCCCC2)c1N1CCCC(N)CC1. The Hall–Kier alpha value is -2.39. The van der Waals surface area contributed by atoms with Crippen molar-refractivity contribution in [3.05, 3.63) is 29.6 Å². The highest BCUT2D eigenvalue weighted by molar-refractivity contribution is 7.14. The lowest BCUT2D eigenvalue weighted by Crippen LogP contribution is -2.41. The average Bonchev–Trinajstić information content (AvgIpc) is 3.11. The van der Waals surface area contributed by atoms with Crippen molar-refractivity contribution in [3.8, 4) is 0 Å². The van der Waals surface area contributed by atoms with Gasteiger partial charge in [0.1, 0.15) is 10.7 Å². The second-order valence-corrected chi connectivity index (χ2v) is 9.06. The topological polar surface area (TPSA) is 106 Å². The van der Waals surface area contributed by atoms with E-state index in [1.54, 1.807) is 11.7 Å². The molecule has 0 spiro atoms. The summed E-state index contributed by atoms with van der Waals surface area (Å²) in [4.78, 5) is 22.1. The van der Waals surface area contributed by atoms with E-state index in [0.717, 1.165) is 69.5 Å². The Bertz CT molecular complexity index is 905. The number of hydrogen-bond donors (Lipinski definition) is 2. The Labute approximate surface area is 181 Å². The fourth-order valence-corrected chi connectivity index (χ4v) is 4.96. The molecule has 2 aliphatic rings. The molecule has 4 rings (SSSR count). The molecule has 2 aromatic rings. The van der Waals surface area contributed by atoms with Gasteiger partial charge in [-0.05, 0) is 38.5 Å². The van der Waals surface area contributed by atoms with Crippen molar-refractivity contribution in [1.29, 1.82) is 0 Å². The molecule has 30 heavy (non-hydrogen) atoms. The van der Waals surface area contributed by atoms with Crippen LogP contribution in [0.3, 0.4) is 0 Å². The lowest BCUT2D eigenvalue weighted by molar-refractivity contribution is 0.0977. The Morgan fingerprint density at radius 1 is 1.23 bits per heavy atom. The van der Waals surface area contributed by atoms with Gasteiger partial charge in [0.2, 0.25) is 0 Å². The molecule has 0 bridgehead atoms. The molecular formula is C21H31N7OS. The number of carbonyl (C=O) groups is 1. The lowest BCUT2D eigenvalue weighted by Gasteiger charge is -2.32. The number of rotatable bonds is 4. The summed E-state index contributed by atoms with van der Waals surface area (Å²) in [5, 5.41) is 5.00. The van der Waals surface area contributed by atoms with Gasteiger partial charge in [0.05, 0.1) is 17.7 Å². The highest BCUT2D eigenvalue weighted by Crippen LogP contribution is 2.35. The van der Waals surface area contributed by atoms with Gasteiger partial charge in [-0.1, -0.05) is 18.6 Å². The minimum atomic E-state index is -0.161. The van der Waals surface area contributed by atoms with E-state index in [1.807, 2.05) is 16.6 Å². The molecule has 3 heterocycles. The molecule has 0 radical (unpaired) electrons. The smallest absolute Gasteiger partial charge is 0.280 e. The number of allylic oxidation sites excluding steroid dienone is 1. The van der Waals surface area contributed by atoms with E-state index in [-0.39, 0.29) is 18.0 Å². The molecule has 162 valence electrons. The van der Waals surface area contributed by atoms with E-state index in [1.165, 1.54) is 11.3 Å². The first-order valence-electron chi connectivity index (χ1n) is 10.8. The predicted octanol–water partition coefficient (Wildman–Crippen LogP) is 2.92. The minimum absolute atomic E-state index is 0.0433. The van der Waals surface area contributed by atoms with Gasteiger partial charge in [0, 0.05) is 26.2 Å². The van der Waals surface area contributed by atoms with Gasteiger partial charge >= 0.3 is 0 Å². The molecule has 4 N–H and O–H groups in total. The number of aromatic nitrogens is 3. The Balaban J connectivity index is 1.76. The van der Waals surface area contributed by atoms with Gasteiger partial charge in [-0.2, -0.15) is 5.10 Å². The number of nitrogens with two attached hydrogens (primary N) is 2. The summed E-state index contributed by atoms with van der Waals surface area (Å²) in [5.74, 6) is 0.801. The van der Waals surface area contributed by atoms with Crippen LogP contribution in [0.2, 0.25) is 0 Å². The quantitative estimate of drug-likeness (QED) is 0.724. The van der Waals surface area contributed by atoms with Crippen molar-refractivity contribution in [1.82, 2.24) is 14.8 Å². The molecule has 9 heteroatoms. The van der Waals surface area contributed by atoms with Crippen LogP contribution in [0.1, 0.15) is 55.4 Å². The maximum atomic E-state index is 13.7. The Kier molecular flexibility index (Phi) is 6.38. The van der Waals surface area contributed by atoms with Gasteiger partial charge in [-0.15, -0.1) is 11.3 Å². The summed E-state index contributed by atoms with van der Waals surface area (Å²) in [6.45, 7) is 1.76. The Morgan fingerprint density at radius 2 is 2.10 bits per heavy atom. The van der Waals surface area contributed by atoms with Crippen LogP contribution in [-0.2, 0) is 7.05 Å². The van der Waals surface area contributed by atoms with Crippen LogP contribution >= 0.6 is 11.3 Å². The summed E-state index contributed by atoms with van der Waals surface area (Å²) in [6, 6.07) is 0.183. The van der Waals surface area contributed by atoms with Crippen molar-refractivity contribution < 1.29 is 4.79 Å².